The summed E-state index contributed by atoms with van der Waals surface area (Å²) >= 11 is 0. The number of aryl methyl sites for hydroxylation is 1. The Morgan fingerprint density at radius 2 is 1.36 bits per heavy atom. The number of ether oxygens (including phenoxy) is 3. The van der Waals surface area contributed by atoms with Crippen LogP contribution in [0.5, 0.6) is 11.5 Å². The molecule has 4 rings (SSSR count). The normalized spacial score (nSPS) is 11.4. The predicted molar refractivity (Wildman–Crippen MR) is 133 cm³/mol. The number of aromatic nitrogens is 2. The van der Waals surface area contributed by atoms with Crippen molar-refractivity contribution in [2.75, 3.05) is 19.5 Å². The highest BCUT2D eigenvalue weighted by molar-refractivity contribution is 5.97. The van der Waals surface area contributed by atoms with Gasteiger partial charge in [0.05, 0.1) is 19.8 Å². The van der Waals surface area contributed by atoms with Gasteiger partial charge in [0.1, 0.15) is 11.5 Å². The molecule has 0 fully saturated rings. The minimum atomic E-state index is -1.04. The van der Waals surface area contributed by atoms with E-state index < -0.39 is 18.0 Å². The fraction of sp³-hybridized carbons (Fsp3) is 0.185. The summed E-state index contributed by atoms with van der Waals surface area (Å²) in [7, 11) is 3.02. The number of nitrogens with zero attached hydrogens (tertiary/aromatic N) is 2. The van der Waals surface area contributed by atoms with Crippen LogP contribution >= 0.6 is 0 Å². The van der Waals surface area contributed by atoms with Gasteiger partial charge < -0.3 is 23.9 Å². The molecule has 9 heteroatoms. The number of rotatable bonds is 8. The van der Waals surface area contributed by atoms with Crippen LogP contribution in [0.3, 0.4) is 0 Å². The second-order valence-corrected chi connectivity index (χ2v) is 7.99. The van der Waals surface area contributed by atoms with Gasteiger partial charge in [-0.15, -0.1) is 10.2 Å². The third-order valence-electron chi connectivity index (χ3n) is 5.36. The van der Waals surface area contributed by atoms with Crippen LogP contribution in [0, 0.1) is 6.92 Å². The Bertz CT molecular complexity index is 1340. The maximum absolute atomic E-state index is 12.6. The zero-order chi connectivity index (χ0) is 25.7. The summed E-state index contributed by atoms with van der Waals surface area (Å²) in [5.41, 5.74) is 3.33. The Morgan fingerprint density at radius 3 is 1.89 bits per heavy atom. The van der Waals surface area contributed by atoms with E-state index in [0.29, 0.717) is 34.5 Å². The Labute approximate surface area is 208 Å². The fourth-order valence-corrected chi connectivity index (χ4v) is 3.31. The number of carbonyl (C=O) groups excluding carboxylic acids is 2. The van der Waals surface area contributed by atoms with E-state index >= 15 is 0 Å². The third kappa shape index (κ3) is 5.69. The van der Waals surface area contributed by atoms with Gasteiger partial charge in [-0.3, -0.25) is 4.79 Å². The van der Waals surface area contributed by atoms with Crippen LogP contribution in [0.1, 0.15) is 22.8 Å². The molecule has 0 spiro atoms. The number of anilines is 1. The molecule has 36 heavy (non-hydrogen) atoms. The smallest absolute Gasteiger partial charge is 0.338 e. The van der Waals surface area contributed by atoms with Crippen molar-refractivity contribution < 1.29 is 28.2 Å². The van der Waals surface area contributed by atoms with Crippen LogP contribution in [0.2, 0.25) is 0 Å². The Morgan fingerprint density at radius 1 is 0.833 bits per heavy atom. The second-order valence-electron chi connectivity index (χ2n) is 7.99. The Kier molecular flexibility index (Phi) is 7.29. The Hall–Kier alpha value is -4.66. The lowest BCUT2D eigenvalue weighted by atomic mass is 10.1. The summed E-state index contributed by atoms with van der Waals surface area (Å²) in [5.74, 6) is 0.625. The number of methoxy groups -OCH3 is 2. The first kappa shape index (κ1) is 24.5. The molecule has 1 heterocycles. The van der Waals surface area contributed by atoms with Crippen LogP contribution in [-0.2, 0) is 9.53 Å². The number of benzene rings is 3. The van der Waals surface area contributed by atoms with Crippen molar-refractivity contribution >= 4 is 17.6 Å². The van der Waals surface area contributed by atoms with Gasteiger partial charge in [0.25, 0.3) is 5.91 Å². The highest BCUT2D eigenvalue weighted by Crippen LogP contribution is 2.27. The molecule has 1 aromatic heterocycles. The van der Waals surface area contributed by atoms with Crippen molar-refractivity contribution in [3.05, 3.63) is 77.9 Å². The lowest BCUT2D eigenvalue weighted by Crippen LogP contribution is -2.30. The molecule has 1 unspecified atom stereocenters. The molecule has 1 amide bonds. The van der Waals surface area contributed by atoms with Crippen molar-refractivity contribution in [3.63, 3.8) is 0 Å². The van der Waals surface area contributed by atoms with E-state index in [1.807, 2.05) is 31.2 Å². The van der Waals surface area contributed by atoms with Gasteiger partial charge in [-0.1, -0.05) is 17.7 Å². The van der Waals surface area contributed by atoms with Crippen molar-refractivity contribution in [1.29, 1.82) is 0 Å². The minimum absolute atomic E-state index is 0.278. The van der Waals surface area contributed by atoms with E-state index in [0.717, 1.165) is 11.1 Å². The van der Waals surface area contributed by atoms with E-state index in [4.69, 9.17) is 18.6 Å². The molecule has 1 atom stereocenters. The van der Waals surface area contributed by atoms with Crippen molar-refractivity contribution in [1.82, 2.24) is 10.2 Å². The molecule has 3 aromatic carbocycles. The van der Waals surface area contributed by atoms with Gasteiger partial charge in [-0.25, -0.2) is 4.79 Å². The molecule has 1 N–H and O–H groups in total. The molecule has 0 radical (unpaired) electrons. The molecule has 0 aliphatic carbocycles. The number of nitrogens with one attached hydrogen (secondary N) is 1. The van der Waals surface area contributed by atoms with Gasteiger partial charge in [-0.05, 0) is 50.2 Å². The molecule has 9 nitrogen and oxygen atoms in total. The van der Waals surface area contributed by atoms with Crippen molar-refractivity contribution in [3.8, 4) is 34.4 Å². The molecule has 184 valence electrons. The Balaban J connectivity index is 1.38. The van der Waals surface area contributed by atoms with E-state index in [1.165, 1.54) is 21.1 Å². The molecule has 0 bridgehead atoms. The zero-order valence-electron chi connectivity index (χ0n) is 20.3. The largest absolute Gasteiger partial charge is 0.497 e. The van der Waals surface area contributed by atoms with Gasteiger partial charge in [0.2, 0.25) is 11.8 Å². The maximum atomic E-state index is 12.6. The van der Waals surface area contributed by atoms with Crippen LogP contribution in [0.25, 0.3) is 22.9 Å². The molecule has 0 aliphatic rings. The van der Waals surface area contributed by atoms with Gasteiger partial charge >= 0.3 is 5.97 Å². The highest BCUT2D eigenvalue weighted by Gasteiger charge is 2.20. The van der Waals surface area contributed by atoms with Crippen LogP contribution in [0.15, 0.2) is 71.1 Å². The molecular weight excluding hydrogens is 462 g/mol. The number of hydrogen-bond donors (Lipinski definition) is 1. The molecule has 0 aliphatic heterocycles. The monoisotopic (exact) mass is 487 g/mol. The second kappa shape index (κ2) is 10.7. The summed E-state index contributed by atoms with van der Waals surface area (Å²) in [6.45, 7) is 3.49. The minimum Gasteiger partial charge on any atom is -0.497 e. The summed E-state index contributed by atoms with van der Waals surface area (Å²) in [6, 6.07) is 19.2. The third-order valence-corrected chi connectivity index (χ3v) is 5.36. The lowest BCUT2D eigenvalue weighted by Gasteiger charge is -2.15. The van der Waals surface area contributed by atoms with Crippen molar-refractivity contribution in [2.24, 2.45) is 0 Å². The van der Waals surface area contributed by atoms with E-state index in [9.17, 15) is 9.59 Å². The standard InChI is InChI=1S/C27H25N3O6/c1-16-5-7-18(8-6-16)25-29-30-26(36-25)19-9-11-20(12-10-19)27(32)35-17(2)24(31)28-21-13-22(33-3)15-23(14-21)34-4/h5-15,17H,1-4H3,(H,28,31). The first-order valence-electron chi connectivity index (χ1n) is 11.1. The van der Waals surface area contributed by atoms with Gasteiger partial charge in [0.15, 0.2) is 6.10 Å². The maximum Gasteiger partial charge on any atom is 0.338 e. The van der Waals surface area contributed by atoms with Crippen LogP contribution in [-0.4, -0.2) is 42.4 Å². The number of hydrogen-bond acceptors (Lipinski definition) is 8. The van der Waals surface area contributed by atoms with Gasteiger partial charge in [0, 0.05) is 35.0 Å². The summed E-state index contributed by atoms with van der Waals surface area (Å²) in [4.78, 5) is 25.1. The quantitative estimate of drug-likeness (QED) is 0.349. The zero-order valence-corrected chi connectivity index (χ0v) is 20.3. The lowest BCUT2D eigenvalue weighted by molar-refractivity contribution is -0.123. The molecular formula is C27H25N3O6. The van der Waals surface area contributed by atoms with Gasteiger partial charge in [-0.2, -0.15) is 0 Å². The summed E-state index contributed by atoms with van der Waals surface area (Å²) < 4.78 is 21.5. The first-order valence-corrected chi connectivity index (χ1v) is 11.1. The first-order chi connectivity index (χ1) is 17.4. The average Bonchev–Trinajstić information content (AvgIpc) is 3.39. The molecule has 4 aromatic rings. The fourth-order valence-electron chi connectivity index (χ4n) is 3.31. The summed E-state index contributed by atoms with van der Waals surface area (Å²) in [5, 5.41) is 10.9. The number of carbonyl (C=O) groups is 2. The van der Waals surface area contributed by atoms with E-state index in [2.05, 4.69) is 15.5 Å². The number of esters is 1. The topological polar surface area (TPSA) is 113 Å². The summed E-state index contributed by atoms with van der Waals surface area (Å²) in [6.07, 6.45) is -1.04. The highest BCUT2D eigenvalue weighted by atomic mass is 16.5. The van der Waals surface area contributed by atoms with Crippen molar-refractivity contribution in [2.45, 2.75) is 20.0 Å². The molecule has 0 saturated carbocycles. The van der Waals surface area contributed by atoms with Crippen LogP contribution < -0.4 is 14.8 Å². The SMILES string of the molecule is COc1cc(NC(=O)C(C)OC(=O)c2ccc(-c3nnc(-c4ccc(C)cc4)o3)cc2)cc(OC)c1. The van der Waals surface area contributed by atoms with Crippen LogP contribution in [0.4, 0.5) is 5.69 Å². The van der Waals surface area contributed by atoms with E-state index in [1.54, 1.807) is 42.5 Å². The predicted octanol–water partition coefficient (Wildman–Crippen LogP) is 4.91. The molecule has 0 saturated heterocycles. The average molecular weight is 488 g/mol. The number of amides is 1. The van der Waals surface area contributed by atoms with E-state index in [-0.39, 0.29) is 5.56 Å².